The van der Waals surface area contributed by atoms with E-state index in [2.05, 4.69) is 9.97 Å². The Balaban J connectivity index is 1.59. The number of rotatable bonds is 4. The van der Waals surface area contributed by atoms with Crippen LogP contribution in [0.2, 0.25) is 0 Å². The molecule has 3 atom stereocenters. The van der Waals surface area contributed by atoms with Gasteiger partial charge in [-0.25, -0.2) is 0 Å². The summed E-state index contributed by atoms with van der Waals surface area (Å²) < 4.78 is 5.75. The second-order valence-electron chi connectivity index (χ2n) is 5.78. The number of morpholine rings is 1. The molecule has 2 fully saturated rings. The van der Waals surface area contributed by atoms with E-state index in [0.29, 0.717) is 26.0 Å². The Kier molecular flexibility index (Phi) is 4.45. The summed E-state index contributed by atoms with van der Waals surface area (Å²) in [6.07, 6.45) is 7.84. The fraction of sp³-hybridized carbons (Fsp3) is 0.667. The lowest BCUT2D eigenvalue weighted by Gasteiger charge is -2.37. The van der Waals surface area contributed by atoms with Gasteiger partial charge in [0.05, 0.1) is 24.4 Å². The molecule has 0 radical (unpaired) electrons. The van der Waals surface area contributed by atoms with Crippen LogP contribution >= 0.6 is 0 Å². The second kappa shape index (κ2) is 6.49. The van der Waals surface area contributed by atoms with Gasteiger partial charge in [-0.3, -0.25) is 14.8 Å². The summed E-state index contributed by atoms with van der Waals surface area (Å²) in [5.74, 6) is 0.408. The highest BCUT2D eigenvalue weighted by Gasteiger charge is 2.42. The number of nitrogens with zero attached hydrogens (tertiary/aromatic N) is 3. The van der Waals surface area contributed by atoms with Gasteiger partial charge in [-0.1, -0.05) is 0 Å². The third kappa shape index (κ3) is 3.22. The number of aliphatic hydroxyl groups is 1. The third-order valence-corrected chi connectivity index (χ3v) is 4.42. The monoisotopic (exact) mass is 291 g/mol. The molecule has 6 nitrogen and oxygen atoms in total. The van der Waals surface area contributed by atoms with Crippen molar-refractivity contribution in [2.75, 3.05) is 19.8 Å². The highest BCUT2D eigenvalue weighted by atomic mass is 16.5. The molecule has 1 amide bonds. The number of aryl methyl sites for hydroxylation is 1. The van der Waals surface area contributed by atoms with E-state index in [-0.39, 0.29) is 30.6 Å². The molecule has 3 rings (SSSR count). The summed E-state index contributed by atoms with van der Waals surface area (Å²) in [6.45, 7) is 1.42. The van der Waals surface area contributed by atoms with E-state index in [9.17, 15) is 9.90 Å². The van der Waals surface area contributed by atoms with Gasteiger partial charge in [0.1, 0.15) is 0 Å². The minimum atomic E-state index is 0.0939. The zero-order valence-corrected chi connectivity index (χ0v) is 12.0. The molecule has 114 valence electrons. The number of ether oxygens (including phenoxy) is 1. The Morgan fingerprint density at radius 2 is 2.33 bits per heavy atom. The first-order valence-corrected chi connectivity index (χ1v) is 7.54. The predicted molar refractivity (Wildman–Crippen MR) is 75.4 cm³/mol. The van der Waals surface area contributed by atoms with Crippen molar-refractivity contribution in [3.8, 4) is 0 Å². The summed E-state index contributed by atoms with van der Waals surface area (Å²) in [7, 11) is 0. The van der Waals surface area contributed by atoms with Crippen molar-refractivity contribution in [1.29, 1.82) is 0 Å². The molecule has 6 heteroatoms. The summed E-state index contributed by atoms with van der Waals surface area (Å²) in [4.78, 5) is 22.6. The van der Waals surface area contributed by atoms with Crippen LogP contribution in [-0.4, -0.2) is 57.8 Å². The molecule has 1 aromatic heterocycles. The van der Waals surface area contributed by atoms with Gasteiger partial charge in [0.25, 0.3) is 0 Å². The lowest BCUT2D eigenvalue weighted by atomic mass is 10.1. The molecular formula is C15H21N3O3. The molecule has 1 aliphatic heterocycles. The van der Waals surface area contributed by atoms with Gasteiger partial charge in [-0.15, -0.1) is 0 Å². The third-order valence-electron chi connectivity index (χ3n) is 4.42. The van der Waals surface area contributed by atoms with E-state index in [1.54, 1.807) is 18.6 Å². The van der Waals surface area contributed by atoms with Crippen LogP contribution in [0, 0.1) is 5.92 Å². The smallest absolute Gasteiger partial charge is 0.223 e. The van der Waals surface area contributed by atoms with E-state index in [4.69, 9.17) is 4.74 Å². The molecule has 2 aliphatic rings. The molecule has 21 heavy (non-hydrogen) atoms. The molecule has 1 N–H and O–H groups in total. The number of carbonyl (C=O) groups excluding carboxylic acids is 1. The van der Waals surface area contributed by atoms with E-state index in [0.717, 1.165) is 18.5 Å². The van der Waals surface area contributed by atoms with Crippen LogP contribution in [0.25, 0.3) is 0 Å². The number of hydrogen-bond donors (Lipinski definition) is 1. The van der Waals surface area contributed by atoms with Gasteiger partial charge < -0.3 is 14.7 Å². The van der Waals surface area contributed by atoms with Gasteiger partial charge >= 0.3 is 0 Å². The molecule has 1 aromatic rings. The van der Waals surface area contributed by atoms with Crippen molar-refractivity contribution in [3.05, 3.63) is 24.3 Å². The van der Waals surface area contributed by atoms with Gasteiger partial charge in [0, 0.05) is 38.2 Å². The Morgan fingerprint density at radius 1 is 1.43 bits per heavy atom. The maximum absolute atomic E-state index is 12.5. The van der Waals surface area contributed by atoms with Gasteiger partial charge in [0.2, 0.25) is 5.91 Å². The van der Waals surface area contributed by atoms with E-state index >= 15 is 0 Å². The largest absolute Gasteiger partial charge is 0.396 e. The van der Waals surface area contributed by atoms with Crippen LogP contribution in [0.4, 0.5) is 0 Å². The minimum Gasteiger partial charge on any atom is -0.396 e. The van der Waals surface area contributed by atoms with Crippen LogP contribution in [0.3, 0.4) is 0 Å². The maximum atomic E-state index is 12.5. The van der Waals surface area contributed by atoms with Crippen molar-refractivity contribution >= 4 is 5.91 Å². The van der Waals surface area contributed by atoms with Gasteiger partial charge in [-0.05, 0) is 25.2 Å². The maximum Gasteiger partial charge on any atom is 0.223 e. The molecule has 0 bridgehead atoms. The number of hydrogen-bond acceptors (Lipinski definition) is 5. The van der Waals surface area contributed by atoms with Crippen molar-refractivity contribution in [2.24, 2.45) is 5.92 Å². The zero-order valence-electron chi connectivity index (χ0n) is 12.0. The van der Waals surface area contributed by atoms with E-state index in [1.165, 1.54) is 0 Å². The lowest BCUT2D eigenvalue weighted by molar-refractivity contribution is -0.143. The number of amides is 1. The van der Waals surface area contributed by atoms with Gasteiger partial charge in [0.15, 0.2) is 0 Å². The normalized spacial score (nSPS) is 28.4. The zero-order chi connectivity index (χ0) is 14.7. The molecule has 1 saturated heterocycles. The molecule has 0 spiro atoms. The molecular weight excluding hydrogens is 270 g/mol. The number of carbonyl (C=O) groups is 1. The van der Waals surface area contributed by atoms with Crippen LogP contribution in [0.15, 0.2) is 18.6 Å². The first-order valence-electron chi connectivity index (χ1n) is 7.54. The van der Waals surface area contributed by atoms with Crippen molar-refractivity contribution in [3.63, 3.8) is 0 Å². The Morgan fingerprint density at radius 3 is 3.10 bits per heavy atom. The molecule has 0 unspecified atom stereocenters. The summed E-state index contributed by atoms with van der Waals surface area (Å²) >= 11 is 0. The number of aromatic nitrogens is 2. The Hall–Kier alpha value is -1.53. The topological polar surface area (TPSA) is 75.6 Å². The Labute approximate surface area is 124 Å². The van der Waals surface area contributed by atoms with Gasteiger partial charge in [-0.2, -0.15) is 0 Å². The highest BCUT2D eigenvalue weighted by Crippen LogP contribution is 2.34. The highest BCUT2D eigenvalue weighted by molar-refractivity contribution is 5.77. The van der Waals surface area contributed by atoms with Crippen molar-refractivity contribution < 1.29 is 14.6 Å². The lowest BCUT2D eigenvalue weighted by Crippen LogP contribution is -2.51. The molecule has 0 aromatic carbocycles. The predicted octanol–water partition coefficient (Wildman–Crippen LogP) is 0.408. The quantitative estimate of drug-likeness (QED) is 0.869. The first-order chi connectivity index (χ1) is 10.3. The summed E-state index contributed by atoms with van der Waals surface area (Å²) in [5.41, 5.74) is 0.843. The number of fused-ring (bicyclic) bond motifs is 1. The minimum absolute atomic E-state index is 0.0939. The van der Waals surface area contributed by atoms with Crippen LogP contribution in [0.5, 0.6) is 0 Å². The van der Waals surface area contributed by atoms with Crippen LogP contribution in [0.1, 0.15) is 25.0 Å². The van der Waals surface area contributed by atoms with Crippen LogP contribution < -0.4 is 0 Å². The SMILES string of the molecule is O=C(CCc1cnccn1)N1CCO[C@H]2C[C@H](CO)C[C@@H]21. The van der Waals surface area contributed by atoms with Crippen molar-refractivity contribution in [1.82, 2.24) is 14.9 Å². The van der Waals surface area contributed by atoms with E-state index < -0.39 is 0 Å². The standard InChI is InChI=1S/C15H21N3O3/c19-10-11-7-13-14(8-11)21-6-5-18(13)15(20)2-1-12-9-16-3-4-17-12/h3-4,9,11,13-14,19H,1-2,5-8,10H2/t11-,13+,14+/m1/s1. The average Bonchev–Trinajstić information content (AvgIpc) is 2.96. The molecule has 1 aliphatic carbocycles. The van der Waals surface area contributed by atoms with E-state index in [1.807, 2.05) is 4.90 Å². The molecule has 2 heterocycles. The summed E-state index contributed by atoms with van der Waals surface area (Å²) in [5, 5.41) is 9.32. The van der Waals surface area contributed by atoms with Crippen LogP contribution in [-0.2, 0) is 16.0 Å². The Bertz CT molecular complexity index is 482. The second-order valence-corrected chi connectivity index (χ2v) is 5.78. The molecule has 1 saturated carbocycles. The van der Waals surface area contributed by atoms with Crippen molar-refractivity contribution in [2.45, 2.75) is 37.8 Å². The fourth-order valence-electron chi connectivity index (χ4n) is 3.35. The fourth-order valence-corrected chi connectivity index (χ4v) is 3.35. The first kappa shape index (κ1) is 14.4. The summed E-state index contributed by atoms with van der Waals surface area (Å²) in [6, 6.07) is 0.130. The average molecular weight is 291 g/mol. The number of aliphatic hydroxyl groups excluding tert-OH is 1.